The van der Waals surface area contributed by atoms with Crippen molar-refractivity contribution < 1.29 is 5.11 Å². The molecule has 3 heteroatoms. The van der Waals surface area contributed by atoms with Crippen LogP contribution in [-0.4, -0.2) is 5.11 Å². The second-order valence-electron chi connectivity index (χ2n) is 3.48. The van der Waals surface area contributed by atoms with Gasteiger partial charge in [-0.3, -0.25) is 0 Å². The summed E-state index contributed by atoms with van der Waals surface area (Å²) in [6.45, 7) is 0. The fraction of sp³-hybridized carbons (Fsp3) is 0.0769. The Morgan fingerprint density at radius 2 is 1.75 bits per heavy atom. The van der Waals surface area contributed by atoms with Crippen molar-refractivity contribution >= 4 is 38.5 Å². The van der Waals surface area contributed by atoms with E-state index in [1.807, 2.05) is 48.5 Å². The van der Waals surface area contributed by atoms with Crippen molar-refractivity contribution in [3.8, 4) is 0 Å². The lowest BCUT2D eigenvalue weighted by Gasteiger charge is -2.13. The van der Waals surface area contributed by atoms with Crippen LogP contribution in [-0.2, 0) is 0 Å². The number of benzene rings is 2. The van der Waals surface area contributed by atoms with Crippen LogP contribution in [0.15, 0.2) is 53.0 Å². The number of hydrogen-bond donors (Lipinski definition) is 1. The van der Waals surface area contributed by atoms with Crippen molar-refractivity contribution in [2.75, 3.05) is 0 Å². The molecule has 16 heavy (non-hydrogen) atoms. The average Bonchev–Trinajstić information content (AvgIpc) is 2.32. The molecule has 82 valence electrons. The van der Waals surface area contributed by atoms with Crippen LogP contribution in [0.3, 0.4) is 0 Å². The Kier molecular flexibility index (Phi) is 4.00. The third-order valence-corrected chi connectivity index (χ3v) is 3.84. The number of rotatable bonds is 2. The highest BCUT2D eigenvalue weighted by atomic mass is 127. The van der Waals surface area contributed by atoms with Gasteiger partial charge in [-0.1, -0.05) is 46.3 Å². The smallest absolute Gasteiger partial charge is 0.105 e. The zero-order chi connectivity index (χ0) is 11.5. The predicted molar refractivity (Wildman–Crippen MR) is 77.4 cm³/mol. The number of aliphatic hydroxyl groups is 1. The standard InChI is InChI=1S/C13H10BrIO/c14-10-6-7-12(15)11(8-10)13(16)9-4-2-1-3-5-9/h1-8,13,16H. The first-order valence-electron chi connectivity index (χ1n) is 4.86. The molecule has 0 aliphatic carbocycles. The van der Waals surface area contributed by atoms with Crippen LogP contribution in [0, 0.1) is 3.57 Å². The molecule has 0 saturated carbocycles. The summed E-state index contributed by atoms with van der Waals surface area (Å²) in [5.41, 5.74) is 1.85. The van der Waals surface area contributed by atoms with Gasteiger partial charge in [0.2, 0.25) is 0 Å². The summed E-state index contributed by atoms with van der Waals surface area (Å²) in [6, 6.07) is 15.6. The summed E-state index contributed by atoms with van der Waals surface area (Å²) in [5, 5.41) is 10.3. The molecule has 1 unspecified atom stereocenters. The van der Waals surface area contributed by atoms with Gasteiger partial charge in [-0.25, -0.2) is 0 Å². The molecule has 0 aromatic heterocycles. The lowest BCUT2D eigenvalue weighted by atomic mass is 10.0. The Morgan fingerprint density at radius 3 is 2.44 bits per heavy atom. The minimum Gasteiger partial charge on any atom is -0.384 e. The second kappa shape index (κ2) is 5.29. The Morgan fingerprint density at radius 1 is 1.06 bits per heavy atom. The Labute approximate surface area is 117 Å². The molecule has 2 aromatic carbocycles. The lowest BCUT2D eigenvalue weighted by Crippen LogP contribution is -2.01. The van der Waals surface area contributed by atoms with Crippen molar-refractivity contribution in [3.63, 3.8) is 0 Å². The lowest BCUT2D eigenvalue weighted by molar-refractivity contribution is 0.219. The second-order valence-corrected chi connectivity index (χ2v) is 5.56. The van der Waals surface area contributed by atoms with Gasteiger partial charge in [-0.2, -0.15) is 0 Å². The maximum atomic E-state index is 10.3. The van der Waals surface area contributed by atoms with E-state index in [9.17, 15) is 5.11 Å². The number of hydrogen-bond acceptors (Lipinski definition) is 1. The molecule has 0 radical (unpaired) electrons. The van der Waals surface area contributed by atoms with Crippen molar-refractivity contribution in [2.45, 2.75) is 6.10 Å². The Hall–Kier alpha value is -0.390. The van der Waals surface area contributed by atoms with Crippen LogP contribution >= 0.6 is 38.5 Å². The van der Waals surface area contributed by atoms with Crippen molar-refractivity contribution in [1.82, 2.24) is 0 Å². The largest absolute Gasteiger partial charge is 0.384 e. The molecule has 1 N–H and O–H groups in total. The Bertz CT molecular complexity index is 485. The highest BCUT2D eigenvalue weighted by Gasteiger charge is 2.13. The van der Waals surface area contributed by atoms with E-state index >= 15 is 0 Å². The zero-order valence-electron chi connectivity index (χ0n) is 8.40. The van der Waals surface area contributed by atoms with E-state index in [-0.39, 0.29) is 0 Å². The van der Waals surface area contributed by atoms with Gasteiger partial charge in [0.1, 0.15) is 6.10 Å². The van der Waals surface area contributed by atoms with Crippen LogP contribution in [0.4, 0.5) is 0 Å². The van der Waals surface area contributed by atoms with Gasteiger partial charge in [0.05, 0.1) is 0 Å². The summed E-state index contributed by atoms with van der Waals surface area (Å²) in [5.74, 6) is 0. The molecule has 1 atom stereocenters. The van der Waals surface area contributed by atoms with Gasteiger partial charge in [-0.05, 0) is 51.9 Å². The van der Waals surface area contributed by atoms with Crippen LogP contribution < -0.4 is 0 Å². The van der Waals surface area contributed by atoms with Crippen molar-refractivity contribution in [1.29, 1.82) is 0 Å². The quantitative estimate of drug-likeness (QED) is 0.766. The molecular formula is C13H10BrIO. The van der Waals surface area contributed by atoms with Gasteiger partial charge in [0.15, 0.2) is 0 Å². The molecule has 0 fully saturated rings. The first-order valence-corrected chi connectivity index (χ1v) is 6.73. The van der Waals surface area contributed by atoms with Crippen molar-refractivity contribution in [2.24, 2.45) is 0 Å². The maximum Gasteiger partial charge on any atom is 0.105 e. The first kappa shape index (κ1) is 12.1. The maximum absolute atomic E-state index is 10.3. The minimum absolute atomic E-state index is 0.564. The van der Waals surface area contributed by atoms with E-state index in [0.717, 1.165) is 19.2 Å². The van der Waals surface area contributed by atoms with Gasteiger partial charge < -0.3 is 5.11 Å². The monoisotopic (exact) mass is 388 g/mol. The van der Waals surface area contributed by atoms with Crippen molar-refractivity contribution in [3.05, 3.63) is 67.7 Å². The molecule has 0 spiro atoms. The fourth-order valence-corrected chi connectivity index (χ4v) is 2.55. The van der Waals surface area contributed by atoms with Crippen LogP contribution in [0.25, 0.3) is 0 Å². The first-order chi connectivity index (χ1) is 7.68. The summed E-state index contributed by atoms with van der Waals surface area (Å²) in [4.78, 5) is 0. The molecule has 0 amide bonds. The molecule has 0 bridgehead atoms. The summed E-state index contributed by atoms with van der Waals surface area (Å²) >= 11 is 5.66. The summed E-state index contributed by atoms with van der Waals surface area (Å²) in [6.07, 6.45) is -0.564. The summed E-state index contributed by atoms with van der Waals surface area (Å²) in [7, 11) is 0. The molecule has 0 aliphatic heterocycles. The average molecular weight is 389 g/mol. The molecule has 0 aliphatic rings. The third-order valence-electron chi connectivity index (χ3n) is 2.37. The van der Waals surface area contributed by atoms with E-state index in [0.29, 0.717) is 0 Å². The number of aliphatic hydroxyl groups excluding tert-OH is 1. The normalized spacial score (nSPS) is 12.4. The van der Waals surface area contributed by atoms with E-state index in [1.54, 1.807) is 0 Å². The molecule has 2 aromatic rings. The van der Waals surface area contributed by atoms with E-state index < -0.39 is 6.10 Å². The fourth-order valence-electron chi connectivity index (χ4n) is 1.54. The highest BCUT2D eigenvalue weighted by molar-refractivity contribution is 14.1. The predicted octanol–water partition coefficient (Wildman–Crippen LogP) is 4.14. The van der Waals surface area contributed by atoms with E-state index in [1.165, 1.54) is 0 Å². The van der Waals surface area contributed by atoms with Crippen LogP contribution in [0.2, 0.25) is 0 Å². The molecule has 0 heterocycles. The SMILES string of the molecule is OC(c1ccccc1)c1cc(Br)ccc1I. The third kappa shape index (κ3) is 2.64. The minimum atomic E-state index is -0.564. The Balaban J connectivity index is 2.41. The molecule has 2 rings (SSSR count). The van der Waals surface area contributed by atoms with Gasteiger partial charge in [0.25, 0.3) is 0 Å². The van der Waals surface area contributed by atoms with Gasteiger partial charge in [0, 0.05) is 8.04 Å². The zero-order valence-corrected chi connectivity index (χ0v) is 12.1. The van der Waals surface area contributed by atoms with Gasteiger partial charge >= 0.3 is 0 Å². The van der Waals surface area contributed by atoms with Crippen LogP contribution in [0.5, 0.6) is 0 Å². The highest BCUT2D eigenvalue weighted by Crippen LogP contribution is 2.28. The van der Waals surface area contributed by atoms with Crippen LogP contribution in [0.1, 0.15) is 17.2 Å². The summed E-state index contributed by atoms with van der Waals surface area (Å²) < 4.78 is 2.05. The van der Waals surface area contributed by atoms with E-state index in [2.05, 4.69) is 38.5 Å². The number of halogens is 2. The topological polar surface area (TPSA) is 20.2 Å². The van der Waals surface area contributed by atoms with Gasteiger partial charge in [-0.15, -0.1) is 0 Å². The van der Waals surface area contributed by atoms with E-state index in [4.69, 9.17) is 0 Å². The molecular weight excluding hydrogens is 379 g/mol. The molecule has 1 nitrogen and oxygen atoms in total. The molecule has 0 saturated heterocycles.